The van der Waals surface area contributed by atoms with Crippen molar-refractivity contribution in [2.75, 3.05) is 67.1 Å². The van der Waals surface area contributed by atoms with Crippen LogP contribution in [0.4, 0.5) is 21.9 Å². The van der Waals surface area contributed by atoms with Crippen LogP contribution in [0.1, 0.15) is 86.2 Å². The lowest BCUT2D eigenvalue weighted by molar-refractivity contribution is -0.120. The number of aromatic nitrogens is 7. The normalized spacial score (nSPS) is 17.2. The van der Waals surface area contributed by atoms with Crippen molar-refractivity contribution in [3.63, 3.8) is 0 Å². The molecule has 3 N–H and O–H groups in total. The molecule has 4 amide bonds. The molecule has 0 saturated carbocycles. The quantitative estimate of drug-likeness (QED) is 0.138. The number of amides is 4. The number of rotatable bonds is 10. The fourth-order valence-corrected chi connectivity index (χ4v) is 9.01. The van der Waals surface area contributed by atoms with Crippen molar-refractivity contribution < 1.29 is 18.9 Å². The molecule has 3 aliphatic heterocycles. The first-order chi connectivity index (χ1) is 30.8. The molecule has 6 aromatic rings. The maximum atomic E-state index is 13.0. The Morgan fingerprint density at radius 3 is 2.33 bits per heavy atom. The van der Waals surface area contributed by atoms with E-state index in [2.05, 4.69) is 74.7 Å². The van der Waals surface area contributed by atoms with E-state index in [9.17, 15) is 14.4 Å². The van der Waals surface area contributed by atoms with E-state index in [-0.39, 0.29) is 29.2 Å². The number of imidazole rings is 1. The monoisotopic (exact) mass is 865 g/mol. The summed E-state index contributed by atoms with van der Waals surface area (Å²) < 4.78 is 5.31. The summed E-state index contributed by atoms with van der Waals surface area (Å²) in [6.45, 7) is 19.3. The average molecular weight is 866 g/mol. The lowest BCUT2D eigenvalue weighted by atomic mass is 9.95. The van der Waals surface area contributed by atoms with Crippen molar-refractivity contribution in [1.82, 2.24) is 50.6 Å². The first-order valence-corrected chi connectivity index (χ1v) is 22.1. The van der Waals surface area contributed by atoms with Crippen LogP contribution >= 0.6 is 0 Å². The van der Waals surface area contributed by atoms with Crippen LogP contribution in [0.15, 0.2) is 65.6 Å². The number of carbonyl (C=O) groups excluding carboxylic acids is 3. The van der Waals surface area contributed by atoms with E-state index in [0.29, 0.717) is 36.2 Å². The zero-order valence-corrected chi connectivity index (χ0v) is 37.3. The Labute approximate surface area is 372 Å². The van der Waals surface area contributed by atoms with Gasteiger partial charge in [0.25, 0.3) is 11.7 Å². The zero-order chi connectivity index (χ0) is 44.7. The summed E-state index contributed by atoms with van der Waals surface area (Å²) in [6.07, 6.45) is 6.07. The number of nitrogens with one attached hydrogen (secondary N) is 3. The average Bonchev–Trinajstić information content (AvgIpc) is 3.97. The second-order valence-electron chi connectivity index (χ2n) is 18.3. The number of piperidine rings is 1. The maximum Gasteiger partial charge on any atom is 0.328 e. The van der Waals surface area contributed by atoms with Gasteiger partial charge < -0.3 is 24.6 Å². The number of fused-ring (bicyclic) bond motifs is 1. The number of aromatic amines is 1. The molecule has 4 aromatic heterocycles. The predicted octanol–water partition coefficient (Wildman–Crippen LogP) is 6.36. The van der Waals surface area contributed by atoms with E-state index in [4.69, 9.17) is 14.5 Å². The van der Waals surface area contributed by atoms with Crippen LogP contribution in [0.3, 0.4) is 0 Å². The third-order valence-corrected chi connectivity index (χ3v) is 12.7. The number of piperazine rings is 1. The Hall–Kier alpha value is -6.75. The summed E-state index contributed by atoms with van der Waals surface area (Å²) in [7, 11) is 0. The molecule has 7 heterocycles. The fourth-order valence-electron chi connectivity index (χ4n) is 9.01. The Kier molecular flexibility index (Phi) is 11.6. The minimum atomic E-state index is -0.397. The van der Waals surface area contributed by atoms with Gasteiger partial charge in [0, 0.05) is 81.1 Å². The van der Waals surface area contributed by atoms with Crippen LogP contribution in [-0.2, 0) is 10.2 Å². The lowest BCUT2D eigenvalue weighted by Gasteiger charge is -2.40. The van der Waals surface area contributed by atoms with E-state index in [1.807, 2.05) is 72.0 Å². The molecule has 1 unspecified atom stereocenters. The van der Waals surface area contributed by atoms with Crippen LogP contribution in [-0.4, -0.2) is 110 Å². The van der Waals surface area contributed by atoms with E-state index in [1.54, 1.807) is 4.90 Å². The lowest BCUT2D eigenvalue weighted by Crippen LogP contribution is -2.49. The van der Waals surface area contributed by atoms with Crippen molar-refractivity contribution in [1.29, 1.82) is 0 Å². The molecule has 3 aliphatic rings. The number of H-pyrrole nitrogens is 1. The molecule has 17 heteroatoms. The summed E-state index contributed by atoms with van der Waals surface area (Å²) >= 11 is 0. The molecule has 2 aromatic carbocycles. The summed E-state index contributed by atoms with van der Waals surface area (Å²) in [5.41, 5.74) is 9.39. The van der Waals surface area contributed by atoms with Gasteiger partial charge in [0.1, 0.15) is 17.5 Å². The smallest absolute Gasteiger partial charge is 0.328 e. The molecule has 332 valence electrons. The number of hydrogen-bond acceptors (Lipinski definition) is 13. The second-order valence-corrected chi connectivity index (χ2v) is 18.3. The Bertz CT molecular complexity index is 2690. The van der Waals surface area contributed by atoms with Crippen LogP contribution in [0.2, 0.25) is 0 Å². The highest BCUT2D eigenvalue weighted by Crippen LogP contribution is 2.32. The van der Waals surface area contributed by atoms with Gasteiger partial charge in [0.2, 0.25) is 11.8 Å². The molecule has 64 heavy (non-hydrogen) atoms. The van der Waals surface area contributed by atoms with Gasteiger partial charge in [0.15, 0.2) is 11.5 Å². The first kappa shape index (κ1) is 42.5. The summed E-state index contributed by atoms with van der Waals surface area (Å²) in [5.74, 6) is 1.09. The molecule has 0 spiro atoms. The third kappa shape index (κ3) is 8.89. The van der Waals surface area contributed by atoms with Crippen molar-refractivity contribution in [2.45, 2.75) is 72.3 Å². The molecular weight excluding hydrogens is 811 g/mol. The minimum Gasteiger partial charge on any atom is -0.372 e. The first-order valence-electron chi connectivity index (χ1n) is 22.1. The number of aryl methyl sites for hydroxylation is 2. The summed E-state index contributed by atoms with van der Waals surface area (Å²) in [6, 6.07) is 15.8. The second kappa shape index (κ2) is 17.4. The number of benzene rings is 2. The largest absolute Gasteiger partial charge is 0.372 e. The summed E-state index contributed by atoms with van der Waals surface area (Å²) in [5, 5.41) is 9.30. The van der Waals surface area contributed by atoms with Crippen LogP contribution in [0.25, 0.3) is 33.9 Å². The van der Waals surface area contributed by atoms with Gasteiger partial charge in [-0.1, -0.05) is 38.1 Å². The Morgan fingerprint density at radius 2 is 1.64 bits per heavy atom. The zero-order valence-electron chi connectivity index (χ0n) is 37.3. The topological polar surface area (TPSA) is 194 Å². The van der Waals surface area contributed by atoms with Crippen molar-refractivity contribution in [2.24, 2.45) is 5.92 Å². The number of nitrogens with zero attached hydrogens (tertiary/aromatic N) is 10. The molecular formula is C47H55N13O4. The van der Waals surface area contributed by atoms with Crippen molar-refractivity contribution in [3.8, 4) is 22.8 Å². The highest BCUT2D eigenvalue weighted by molar-refractivity contribution is 6.06. The maximum absolute atomic E-state index is 13.0. The number of hydrogen-bond donors (Lipinski definition) is 3. The van der Waals surface area contributed by atoms with Gasteiger partial charge in [-0.2, -0.15) is 4.98 Å². The number of imide groups is 1. The Morgan fingerprint density at radius 1 is 0.875 bits per heavy atom. The molecule has 3 fully saturated rings. The SMILES string of the molecule is Cc1cc(-c2ncnc3nc(-c4ccc(N5CCN(CC6CCN(c7ccc(N8CCC(=O)NC8=O)c(C)c7)CC6)CC5)cn4)[nH]c23)ccc1C(C)NC(=O)c1noc(C(C)(C)C)n1. The molecule has 0 bridgehead atoms. The van der Waals surface area contributed by atoms with Crippen molar-refractivity contribution in [3.05, 3.63) is 89.5 Å². The van der Waals surface area contributed by atoms with Crippen LogP contribution in [0, 0.1) is 19.8 Å². The predicted molar refractivity (Wildman–Crippen MR) is 244 cm³/mol. The number of carbonyl (C=O) groups is 3. The molecule has 1 atom stereocenters. The molecule has 0 aliphatic carbocycles. The number of pyridine rings is 1. The highest BCUT2D eigenvalue weighted by Gasteiger charge is 2.29. The van der Waals surface area contributed by atoms with Gasteiger partial charge in [-0.15, -0.1) is 0 Å². The van der Waals surface area contributed by atoms with Gasteiger partial charge >= 0.3 is 6.03 Å². The molecule has 17 nitrogen and oxygen atoms in total. The number of anilines is 3. The van der Waals surface area contributed by atoms with E-state index >= 15 is 0 Å². The van der Waals surface area contributed by atoms with Crippen molar-refractivity contribution >= 4 is 46.1 Å². The van der Waals surface area contributed by atoms with E-state index in [0.717, 1.165) is 109 Å². The third-order valence-electron chi connectivity index (χ3n) is 12.7. The summed E-state index contributed by atoms with van der Waals surface area (Å²) in [4.78, 5) is 72.5. The number of urea groups is 1. The molecule has 0 radical (unpaired) electrons. The van der Waals surface area contributed by atoms with E-state index in [1.165, 1.54) is 12.0 Å². The van der Waals surface area contributed by atoms with Gasteiger partial charge in [-0.25, -0.2) is 19.7 Å². The highest BCUT2D eigenvalue weighted by atomic mass is 16.5. The van der Waals surface area contributed by atoms with Gasteiger partial charge in [-0.3, -0.25) is 29.7 Å². The molecule has 3 saturated heterocycles. The van der Waals surface area contributed by atoms with Crippen LogP contribution < -0.4 is 25.3 Å². The molecule has 9 rings (SSSR count). The Balaban J connectivity index is 0.771. The van der Waals surface area contributed by atoms with Gasteiger partial charge in [0.05, 0.1) is 23.6 Å². The minimum absolute atomic E-state index is 0.0113. The van der Waals surface area contributed by atoms with Gasteiger partial charge in [-0.05, 0) is 92.6 Å². The standard InChI is InChI=1S/C47H55N13O4/c1-28-23-32(7-10-35(28)30(3)51-44(62)43-55-45(64-56-43)47(4,5)6)39-40-42(50-27-49-39)54-41(53-40)36-11-8-34(25-48-36)59-21-19-57(20-22-59)26-31-13-16-58(17-14-31)33-9-12-37(29(2)24-33)60-18-15-38(61)52-46(60)63/h7-12,23-25,27,30-31H,13-22,26H2,1-6H3,(H,51,62)(H,52,61,63)(H,49,50,53,54). The van der Waals surface area contributed by atoms with Crippen LogP contribution in [0.5, 0.6) is 0 Å². The van der Waals surface area contributed by atoms with E-state index < -0.39 is 5.91 Å². The fraction of sp³-hybridized carbons (Fsp3) is 0.426.